The second-order valence-electron chi connectivity index (χ2n) is 4.92. The molecule has 1 radical (unpaired) electrons. The third-order valence-corrected chi connectivity index (χ3v) is 3.25. The molecule has 0 aliphatic carbocycles. The Balaban J connectivity index is 0.000000275. The molecule has 2 heterocycles. The van der Waals surface area contributed by atoms with E-state index >= 15 is 0 Å². The second-order valence-corrected chi connectivity index (χ2v) is 4.92. The number of hydrogen-bond donors (Lipinski definition) is 0. The predicted octanol–water partition coefficient (Wildman–Crippen LogP) is 4.90. The molecule has 0 bridgehead atoms. The molecule has 0 aliphatic rings. The smallest absolute Gasteiger partial charge is 0.391 e. The van der Waals surface area contributed by atoms with Gasteiger partial charge in [-0.3, -0.25) is 4.98 Å². The van der Waals surface area contributed by atoms with Crippen molar-refractivity contribution in [2.75, 3.05) is 0 Å². The van der Waals surface area contributed by atoms with Crippen LogP contribution in [0, 0.1) is 18.2 Å². The summed E-state index contributed by atoms with van der Waals surface area (Å²) in [5.41, 5.74) is 4.04. The Morgan fingerprint density at radius 3 is 2.00 bits per heavy atom. The summed E-state index contributed by atoms with van der Waals surface area (Å²) in [5.74, 6) is 0. The largest absolute Gasteiger partial charge is 3.00 e. The summed E-state index contributed by atoms with van der Waals surface area (Å²) < 4.78 is 0. The van der Waals surface area contributed by atoms with Crippen LogP contribution in [0.25, 0.3) is 22.4 Å². The van der Waals surface area contributed by atoms with Crippen molar-refractivity contribution in [2.45, 2.75) is 0 Å². The maximum absolute atomic E-state index is 4.34. The van der Waals surface area contributed by atoms with E-state index in [1.807, 2.05) is 60.7 Å². The monoisotopic (exact) mass is 365 g/mol. The van der Waals surface area contributed by atoms with Crippen molar-refractivity contribution < 1.29 is 16.5 Å². The summed E-state index contributed by atoms with van der Waals surface area (Å²) >= 11 is 0. The Morgan fingerprint density at radius 2 is 1.40 bits per heavy atom. The van der Waals surface area contributed by atoms with Crippen molar-refractivity contribution in [3.63, 3.8) is 0 Å². The number of nitrogens with zero attached hydrogens (tertiary/aromatic N) is 2. The molecule has 0 saturated carbocycles. The molecule has 2 aromatic heterocycles. The third kappa shape index (κ3) is 5.67. The van der Waals surface area contributed by atoms with E-state index in [-0.39, 0.29) is 16.5 Å². The van der Waals surface area contributed by atoms with Gasteiger partial charge >= 0.3 is 16.5 Å². The number of pyridine rings is 2. The summed E-state index contributed by atoms with van der Waals surface area (Å²) in [6.45, 7) is 0. The summed E-state index contributed by atoms with van der Waals surface area (Å²) in [6, 6.07) is 32.8. The Bertz CT molecular complexity index is 769. The van der Waals surface area contributed by atoms with Gasteiger partial charge in [0.05, 0.1) is 0 Å². The van der Waals surface area contributed by atoms with Crippen LogP contribution in [0.3, 0.4) is 0 Å². The fourth-order valence-electron chi connectivity index (χ4n) is 2.14. The van der Waals surface area contributed by atoms with Gasteiger partial charge in [0.1, 0.15) is 0 Å². The standard InChI is InChI=1S/C17H11N.C5H4N.Ni/c1-2-7-14(8-3-1)15-9-6-10-16(13-15)17-11-4-5-12-18-17;1-2-4-6-5-3-1;/h1-7,9-12H;2-5H;/q-2;-1;+3. The quantitative estimate of drug-likeness (QED) is 0.373. The molecule has 123 valence electrons. The van der Waals surface area contributed by atoms with E-state index in [0.29, 0.717) is 0 Å². The van der Waals surface area contributed by atoms with Crippen LogP contribution >= 0.6 is 0 Å². The predicted molar refractivity (Wildman–Crippen MR) is 95.9 cm³/mol. The molecular weight excluding hydrogens is 351 g/mol. The fourth-order valence-corrected chi connectivity index (χ4v) is 2.14. The van der Waals surface area contributed by atoms with Gasteiger partial charge in [0.15, 0.2) is 0 Å². The van der Waals surface area contributed by atoms with Gasteiger partial charge in [0.2, 0.25) is 0 Å². The average molecular weight is 366 g/mol. The van der Waals surface area contributed by atoms with Crippen molar-refractivity contribution in [1.82, 2.24) is 9.97 Å². The normalized spacial score (nSPS) is 9.28. The molecule has 0 N–H and O–H groups in total. The molecule has 0 spiro atoms. The van der Waals surface area contributed by atoms with E-state index in [2.05, 4.69) is 28.2 Å². The minimum Gasteiger partial charge on any atom is -0.391 e. The molecule has 0 amide bonds. The van der Waals surface area contributed by atoms with E-state index in [1.54, 1.807) is 30.7 Å². The Labute approximate surface area is 158 Å². The summed E-state index contributed by atoms with van der Waals surface area (Å²) in [6.07, 6.45) is 5.19. The summed E-state index contributed by atoms with van der Waals surface area (Å²) in [7, 11) is 0. The van der Waals surface area contributed by atoms with E-state index < -0.39 is 0 Å². The van der Waals surface area contributed by atoms with Crippen LogP contribution in [-0.4, -0.2) is 9.97 Å². The van der Waals surface area contributed by atoms with Crippen molar-refractivity contribution in [2.24, 2.45) is 0 Å². The van der Waals surface area contributed by atoms with Gasteiger partial charge in [0, 0.05) is 11.9 Å². The molecule has 0 aliphatic heterocycles. The van der Waals surface area contributed by atoms with E-state index in [4.69, 9.17) is 0 Å². The Morgan fingerprint density at radius 1 is 0.640 bits per heavy atom. The van der Waals surface area contributed by atoms with Gasteiger partial charge in [-0.05, 0) is 6.07 Å². The first-order valence-electron chi connectivity index (χ1n) is 7.60. The zero-order valence-electron chi connectivity index (χ0n) is 13.4. The van der Waals surface area contributed by atoms with Crippen LogP contribution in [-0.2, 0) is 16.5 Å². The molecule has 2 nitrogen and oxygen atoms in total. The second kappa shape index (κ2) is 10.2. The zero-order chi connectivity index (χ0) is 16.5. The van der Waals surface area contributed by atoms with Crippen molar-refractivity contribution in [1.29, 1.82) is 0 Å². The van der Waals surface area contributed by atoms with Gasteiger partial charge in [-0.15, -0.1) is 23.8 Å². The summed E-state index contributed by atoms with van der Waals surface area (Å²) in [5, 5.41) is 0. The molecular formula is C22H15N2Ni. The molecule has 0 saturated heterocycles. The number of hydrogen-bond acceptors (Lipinski definition) is 2. The first kappa shape index (κ1) is 18.6. The maximum atomic E-state index is 4.34. The minimum atomic E-state index is 0. The third-order valence-electron chi connectivity index (χ3n) is 3.25. The van der Waals surface area contributed by atoms with Crippen LogP contribution in [0.1, 0.15) is 0 Å². The van der Waals surface area contributed by atoms with E-state index in [1.165, 1.54) is 0 Å². The molecule has 4 rings (SSSR count). The first-order valence-corrected chi connectivity index (χ1v) is 7.60. The average Bonchev–Trinajstić information content (AvgIpc) is 2.71. The molecule has 4 aromatic rings. The van der Waals surface area contributed by atoms with Gasteiger partial charge in [-0.25, -0.2) is 5.56 Å². The fraction of sp³-hybridized carbons (Fsp3) is 0. The molecule has 3 heteroatoms. The van der Waals surface area contributed by atoms with Gasteiger partial charge in [-0.2, -0.15) is 60.2 Å². The Hall–Kier alpha value is -2.77. The van der Waals surface area contributed by atoms with Crippen LogP contribution in [0.15, 0.2) is 91.4 Å². The van der Waals surface area contributed by atoms with Crippen LogP contribution < -0.4 is 0 Å². The van der Waals surface area contributed by atoms with Gasteiger partial charge < -0.3 is 4.98 Å². The van der Waals surface area contributed by atoms with E-state index in [0.717, 1.165) is 22.4 Å². The minimum absolute atomic E-state index is 0. The molecule has 0 atom stereocenters. The topological polar surface area (TPSA) is 25.8 Å². The summed E-state index contributed by atoms with van der Waals surface area (Å²) in [4.78, 5) is 8.10. The number of benzene rings is 2. The molecule has 0 unspecified atom stereocenters. The zero-order valence-corrected chi connectivity index (χ0v) is 14.4. The van der Waals surface area contributed by atoms with Gasteiger partial charge in [-0.1, -0.05) is 24.5 Å². The molecule has 2 aromatic carbocycles. The first-order chi connectivity index (χ1) is 11.9. The number of rotatable bonds is 2. The van der Waals surface area contributed by atoms with Gasteiger partial charge in [0.25, 0.3) is 0 Å². The maximum Gasteiger partial charge on any atom is 3.00 e. The molecule has 25 heavy (non-hydrogen) atoms. The Kier molecular flexibility index (Phi) is 7.56. The van der Waals surface area contributed by atoms with Crippen LogP contribution in [0.4, 0.5) is 0 Å². The van der Waals surface area contributed by atoms with E-state index in [9.17, 15) is 0 Å². The van der Waals surface area contributed by atoms with Crippen molar-refractivity contribution in [3.05, 3.63) is 110 Å². The van der Waals surface area contributed by atoms with Crippen LogP contribution in [0.5, 0.6) is 0 Å². The molecule has 0 fully saturated rings. The van der Waals surface area contributed by atoms with Crippen molar-refractivity contribution >= 4 is 0 Å². The van der Waals surface area contributed by atoms with Crippen LogP contribution in [0.2, 0.25) is 0 Å². The number of aromatic nitrogens is 2. The SMILES string of the molecule is [Ni+3].[c-]1ccccc1-c1[c-]c(-c2ccccn2)ccc1.[c-]1ccncc1. The van der Waals surface area contributed by atoms with Crippen molar-refractivity contribution in [3.8, 4) is 22.4 Å².